The van der Waals surface area contributed by atoms with Crippen LogP contribution >= 0.6 is 0 Å². The van der Waals surface area contributed by atoms with Crippen molar-refractivity contribution in [3.63, 3.8) is 0 Å². The number of ether oxygens (including phenoxy) is 2. The van der Waals surface area contributed by atoms with E-state index in [9.17, 15) is 4.39 Å². The maximum atomic E-state index is 12.5. The Morgan fingerprint density at radius 1 is 1.46 bits per heavy atom. The van der Waals surface area contributed by atoms with E-state index in [1.54, 1.807) is 13.2 Å². The largest absolute Gasteiger partial charge is 0.493 e. The van der Waals surface area contributed by atoms with Gasteiger partial charge in [0.15, 0.2) is 0 Å². The molecule has 0 aliphatic heterocycles. The average molecular weight is 185 g/mol. The zero-order chi connectivity index (χ0) is 9.52. The van der Waals surface area contributed by atoms with Crippen molar-refractivity contribution in [2.45, 2.75) is 6.42 Å². The molecule has 72 valence electrons. The Bertz CT molecular complexity index is 255. The van der Waals surface area contributed by atoms with Crippen LogP contribution in [0, 0.1) is 5.95 Å². The van der Waals surface area contributed by atoms with Crippen LogP contribution < -0.4 is 4.74 Å². The summed E-state index contributed by atoms with van der Waals surface area (Å²) in [5.74, 6) is -0.0205. The smallest absolute Gasteiger partial charge is 0.216 e. The summed E-state index contributed by atoms with van der Waals surface area (Å²) in [5.41, 5.74) is 0. The van der Waals surface area contributed by atoms with Crippen LogP contribution in [0.4, 0.5) is 4.39 Å². The van der Waals surface area contributed by atoms with E-state index in [1.807, 2.05) is 0 Å². The van der Waals surface area contributed by atoms with E-state index in [4.69, 9.17) is 9.47 Å². The van der Waals surface area contributed by atoms with Gasteiger partial charge in [0.1, 0.15) is 5.75 Å². The number of halogens is 1. The molecule has 1 heterocycles. The van der Waals surface area contributed by atoms with Gasteiger partial charge in [-0.05, 0) is 6.07 Å². The molecule has 0 amide bonds. The van der Waals surface area contributed by atoms with Crippen LogP contribution in [0.5, 0.6) is 5.75 Å². The third kappa shape index (κ3) is 3.85. The van der Waals surface area contributed by atoms with Gasteiger partial charge in [0.25, 0.3) is 0 Å². The van der Waals surface area contributed by atoms with E-state index < -0.39 is 5.95 Å². The molecule has 1 aromatic heterocycles. The van der Waals surface area contributed by atoms with Crippen LogP contribution in [0.25, 0.3) is 0 Å². The fourth-order valence-corrected chi connectivity index (χ4v) is 0.868. The summed E-state index contributed by atoms with van der Waals surface area (Å²) in [5, 5.41) is 0. The first-order valence-electron chi connectivity index (χ1n) is 4.06. The summed E-state index contributed by atoms with van der Waals surface area (Å²) in [6.07, 6.45) is 2.17. The van der Waals surface area contributed by atoms with E-state index in [1.165, 1.54) is 12.3 Å². The zero-order valence-corrected chi connectivity index (χ0v) is 7.50. The van der Waals surface area contributed by atoms with Gasteiger partial charge in [-0.25, -0.2) is 4.98 Å². The monoisotopic (exact) mass is 185 g/mol. The molecular weight excluding hydrogens is 173 g/mol. The molecule has 0 unspecified atom stereocenters. The number of rotatable bonds is 5. The van der Waals surface area contributed by atoms with E-state index in [-0.39, 0.29) is 0 Å². The topological polar surface area (TPSA) is 31.4 Å². The van der Waals surface area contributed by atoms with Crippen LogP contribution in [0.2, 0.25) is 0 Å². The van der Waals surface area contributed by atoms with E-state index >= 15 is 0 Å². The first kappa shape index (κ1) is 9.92. The molecule has 4 heteroatoms. The zero-order valence-electron chi connectivity index (χ0n) is 7.50. The summed E-state index contributed by atoms with van der Waals surface area (Å²) in [4.78, 5) is 3.41. The molecule has 0 aliphatic rings. The first-order valence-corrected chi connectivity index (χ1v) is 4.06. The van der Waals surface area contributed by atoms with Crippen LogP contribution in [0.1, 0.15) is 6.42 Å². The van der Waals surface area contributed by atoms with Gasteiger partial charge >= 0.3 is 0 Å². The van der Waals surface area contributed by atoms with Gasteiger partial charge in [-0.2, -0.15) is 4.39 Å². The summed E-state index contributed by atoms with van der Waals surface area (Å²) in [6.45, 7) is 1.17. The van der Waals surface area contributed by atoms with Crippen molar-refractivity contribution in [3.05, 3.63) is 24.3 Å². The number of nitrogens with zero attached hydrogens (tertiary/aromatic N) is 1. The third-order valence-electron chi connectivity index (χ3n) is 1.46. The molecule has 0 aromatic carbocycles. The number of hydrogen-bond donors (Lipinski definition) is 0. The molecule has 1 aromatic rings. The Kier molecular flexibility index (Phi) is 4.18. The molecule has 0 bridgehead atoms. The molecule has 0 atom stereocenters. The van der Waals surface area contributed by atoms with Gasteiger partial charge in [-0.1, -0.05) is 0 Å². The van der Waals surface area contributed by atoms with Gasteiger partial charge in [-0.15, -0.1) is 0 Å². The molecule has 0 fully saturated rings. The lowest BCUT2D eigenvalue weighted by molar-refractivity contribution is 0.172. The predicted octanol–water partition coefficient (Wildman–Crippen LogP) is 1.64. The van der Waals surface area contributed by atoms with Crippen molar-refractivity contribution in [3.8, 4) is 5.75 Å². The van der Waals surface area contributed by atoms with Crippen molar-refractivity contribution in [2.75, 3.05) is 20.3 Å². The second kappa shape index (κ2) is 5.48. The Morgan fingerprint density at radius 3 is 3.00 bits per heavy atom. The fraction of sp³-hybridized carbons (Fsp3) is 0.444. The number of methoxy groups -OCH3 is 1. The summed E-state index contributed by atoms with van der Waals surface area (Å²) in [7, 11) is 1.63. The number of hydrogen-bond acceptors (Lipinski definition) is 3. The SMILES string of the molecule is COCCCOc1ccnc(F)c1. The minimum atomic E-state index is -0.524. The quantitative estimate of drug-likeness (QED) is 0.516. The highest BCUT2D eigenvalue weighted by Gasteiger charge is 1.95. The minimum Gasteiger partial charge on any atom is -0.493 e. The molecule has 0 saturated carbocycles. The molecule has 0 aliphatic carbocycles. The molecule has 0 saturated heterocycles. The Hall–Kier alpha value is -1.16. The number of pyridine rings is 1. The van der Waals surface area contributed by atoms with E-state index in [0.717, 1.165) is 6.42 Å². The van der Waals surface area contributed by atoms with Crippen molar-refractivity contribution in [1.29, 1.82) is 0 Å². The molecular formula is C9H12FNO2. The Balaban J connectivity index is 2.28. The lowest BCUT2D eigenvalue weighted by Crippen LogP contribution is -2.01. The molecule has 0 spiro atoms. The highest BCUT2D eigenvalue weighted by atomic mass is 19.1. The maximum Gasteiger partial charge on any atom is 0.216 e. The lowest BCUT2D eigenvalue weighted by atomic mass is 10.4. The molecule has 0 N–H and O–H groups in total. The van der Waals surface area contributed by atoms with Crippen molar-refractivity contribution < 1.29 is 13.9 Å². The normalized spacial score (nSPS) is 10.0. The first-order chi connectivity index (χ1) is 6.33. The van der Waals surface area contributed by atoms with Gasteiger partial charge in [0.2, 0.25) is 5.95 Å². The number of aromatic nitrogens is 1. The average Bonchev–Trinajstić information content (AvgIpc) is 2.13. The maximum absolute atomic E-state index is 12.5. The lowest BCUT2D eigenvalue weighted by Gasteiger charge is -2.04. The second-order valence-electron chi connectivity index (χ2n) is 2.51. The highest BCUT2D eigenvalue weighted by molar-refractivity contribution is 5.17. The van der Waals surface area contributed by atoms with E-state index in [2.05, 4.69) is 4.98 Å². The highest BCUT2D eigenvalue weighted by Crippen LogP contribution is 2.09. The predicted molar refractivity (Wildman–Crippen MR) is 46.2 cm³/mol. The molecule has 0 radical (unpaired) electrons. The van der Waals surface area contributed by atoms with Crippen molar-refractivity contribution >= 4 is 0 Å². The van der Waals surface area contributed by atoms with Gasteiger partial charge in [0.05, 0.1) is 6.61 Å². The third-order valence-corrected chi connectivity index (χ3v) is 1.46. The van der Waals surface area contributed by atoms with Gasteiger partial charge in [-0.3, -0.25) is 0 Å². The summed E-state index contributed by atoms with van der Waals surface area (Å²) >= 11 is 0. The van der Waals surface area contributed by atoms with Gasteiger partial charge < -0.3 is 9.47 Å². The van der Waals surface area contributed by atoms with Crippen LogP contribution in [-0.4, -0.2) is 25.3 Å². The second-order valence-corrected chi connectivity index (χ2v) is 2.51. The van der Waals surface area contributed by atoms with Crippen LogP contribution in [0.3, 0.4) is 0 Å². The van der Waals surface area contributed by atoms with E-state index in [0.29, 0.717) is 19.0 Å². The Morgan fingerprint density at radius 2 is 2.31 bits per heavy atom. The van der Waals surface area contributed by atoms with Crippen LogP contribution in [0.15, 0.2) is 18.3 Å². The fourth-order valence-electron chi connectivity index (χ4n) is 0.868. The van der Waals surface area contributed by atoms with Crippen LogP contribution in [-0.2, 0) is 4.74 Å². The standard InChI is InChI=1S/C9H12FNO2/c1-12-5-2-6-13-8-3-4-11-9(10)7-8/h3-4,7H,2,5-6H2,1H3. The van der Waals surface area contributed by atoms with Crippen molar-refractivity contribution in [1.82, 2.24) is 4.98 Å². The summed E-state index contributed by atoms with van der Waals surface area (Å²) in [6, 6.07) is 2.88. The summed E-state index contributed by atoms with van der Waals surface area (Å²) < 4.78 is 22.6. The molecule has 1 rings (SSSR count). The molecule has 3 nitrogen and oxygen atoms in total. The van der Waals surface area contributed by atoms with Crippen molar-refractivity contribution in [2.24, 2.45) is 0 Å². The minimum absolute atomic E-state index is 0.503. The van der Waals surface area contributed by atoms with Gasteiger partial charge in [0, 0.05) is 32.4 Å². The molecule has 13 heavy (non-hydrogen) atoms. The Labute approximate surface area is 76.5 Å².